The number of hydrogen-bond donors (Lipinski definition) is 1. The standard InChI is InChI=1S/C14H24N2OS/c1-12(7-9-15)5-6-14(17)16(2)10-8-13-4-3-11-18-13/h3-4,11-12H,5-10,15H2,1-2H3. The van der Waals surface area contributed by atoms with Gasteiger partial charge in [0.2, 0.25) is 5.91 Å². The molecule has 0 bridgehead atoms. The first kappa shape index (κ1) is 15.2. The molecule has 4 heteroatoms. The van der Waals surface area contributed by atoms with E-state index in [-0.39, 0.29) is 5.91 Å². The van der Waals surface area contributed by atoms with Gasteiger partial charge in [-0.1, -0.05) is 13.0 Å². The number of thiophene rings is 1. The second-order valence-electron chi connectivity index (χ2n) is 4.87. The monoisotopic (exact) mass is 268 g/mol. The highest BCUT2D eigenvalue weighted by Crippen LogP contribution is 2.12. The van der Waals surface area contributed by atoms with E-state index in [4.69, 9.17) is 5.73 Å². The van der Waals surface area contributed by atoms with Gasteiger partial charge in [-0.05, 0) is 43.2 Å². The summed E-state index contributed by atoms with van der Waals surface area (Å²) in [5, 5.41) is 2.08. The minimum atomic E-state index is 0.246. The van der Waals surface area contributed by atoms with Crippen LogP contribution in [0, 0.1) is 5.92 Å². The molecule has 18 heavy (non-hydrogen) atoms. The normalized spacial score (nSPS) is 12.4. The first-order valence-electron chi connectivity index (χ1n) is 6.60. The molecule has 0 aliphatic heterocycles. The van der Waals surface area contributed by atoms with Gasteiger partial charge >= 0.3 is 0 Å². The van der Waals surface area contributed by atoms with Crippen molar-refractivity contribution in [2.24, 2.45) is 11.7 Å². The van der Waals surface area contributed by atoms with E-state index in [2.05, 4.69) is 24.4 Å². The molecule has 1 aromatic heterocycles. The van der Waals surface area contributed by atoms with Crippen molar-refractivity contribution in [3.05, 3.63) is 22.4 Å². The molecule has 102 valence electrons. The maximum absolute atomic E-state index is 11.9. The molecule has 1 amide bonds. The largest absolute Gasteiger partial charge is 0.345 e. The van der Waals surface area contributed by atoms with Gasteiger partial charge < -0.3 is 10.6 Å². The Morgan fingerprint density at radius 1 is 1.50 bits per heavy atom. The van der Waals surface area contributed by atoms with Crippen molar-refractivity contribution in [2.75, 3.05) is 20.1 Å². The molecule has 1 aromatic rings. The van der Waals surface area contributed by atoms with Crippen LogP contribution < -0.4 is 5.73 Å². The van der Waals surface area contributed by atoms with E-state index < -0.39 is 0 Å². The number of rotatable bonds is 8. The van der Waals surface area contributed by atoms with E-state index in [1.165, 1.54) is 4.88 Å². The lowest BCUT2D eigenvalue weighted by Gasteiger charge is -2.18. The topological polar surface area (TPSA) is 46.3 Å². The molecular formula is C14H24N2OS. The molecule has 1 heterocycles. The Balaban J connectivity index is 2.20. The zero-order valence-electron chi connectivity index (χ0n) is 11.4. The van der Waals surface area contributed by atoms with Crippen LogP contribution in [0.25, 0.3) is 0 Å². The summed E-state index contributed by atoms with van der Waals surface area (Å²) in [5.41, 5.74) is 5.50. The maximum Gasteiger partial charge on any atom is 0.222 e. The molecule has 0 saturated heterocycles. The van der Waals surface area contributed by atoms with Crippen LogP contribution in [0.15, 0.2) is 17.5 Å². The lowest BCUT2D eigenvalue weighted by molar-refractivity contribution is -0.130. The molecular weight excluding hydrogens is 244 g/mol. The van der Waals surface area contributed by atoms with E-state index in [9.17, 15) is 4.79 Å². The Morgan fingerprint density at radius 3 is 2.89 bits per heavy atom. The summed E-state index contributed by atoms with van der Waals surface area (Å²) >= 11 is 1.75. The van der Waals surface area contributed by atoms with Crippen LogP contribution in [0.4, 0.5) is 0 Å². The fraction of sp³-hybridized carbons (Fsp3) is 0.643. The average Bonchev–Trinajstić information content (AvgIpc) is 2.86. The van der Waals surface area contributed by atoms with E-state index in [0.717, 1.165) is 25.8 Å². The van der Waals surface area contributed by atoms with Crippen molar-refractivity contribution in [3.63, 3.8) is 0 Å². The van der Waals surface area contributed by atoms with E-state index in [1.54, 1.807) is 11.3 Å². The molecule has 0 spiro atoms. The van der Waals surface area contributed by atoms with Crippen LogP contribution in [0.1, 0.15) is 31.1 Å². The fourth-order valence-corrected chi connectivity index (χ4v) is 2.55. The van der Waals surface area contributed by atoms with Crippen molar-refractivity contribution in [2.45, 2.75) is 32.6 Å². The minimum Gasteiger partial charge on any atom is -0.345 e. The number of nitrogens with two attached hydrogens (primary N) is 1. The highest BCUT2D eigenvalue weighted by atomic mass is 32.1. The lowest BCUT2D eigenvalue weighted by Crippen LogP contribution is -2.28. The Morgan fingerprint density at radius 2 is 2.28 bits per heavy atom. The molecule has 1 rings (SSSR count). The van der Waals surface area contributed by atoms with Crippen molar-refractivity contribution >= 4 is 17.2 Å². The third-order valence-electron chi connectivity index (χ3n) is 3.21. The number of carbonyl (C=O) groups excluding carboxylic acids is 1. The van der Waals surface area contributed by atoms with E-state index in [0.29, 0.717) is 18.9 Å². The Kier molecular flexibility index (Phi) is 6.98. The molecule has 0 aromatic carbocycles. The Hall–Kier alpha value is -0.870. The number of nitrogens with zero attached hydrogens (tertiary/aromatic N) is 1. The SMILES string of the molecule is CC(CCN)CCC(=O)N(C)CCc1cccs1. The predicted molar refractivity (Wildman–Crippen MR) is 77.7 cm³/mol. The Labute approximate surface area is 114 Å². The molecule has 1 atom stereocenters. The van der Waals surface area contributed by atoms with Gasteiger partial charge in [-0.15, -0.1) is 11.3 Å². The highest BCUT2D eigenvalue weighted by molar-refractivity contribution is 7.09. The fourth-order valence-electron chi connectivity index (χ4n) is 1.85. The van der Waals surface area contributed by atoms with Crippen LogP contribution in [-0.2, 0) is 11.2 Å². The molecule has 0 aliphatic carbocycles. The van der Waals surface area contributed by atoms with Crippen molar-refractivity contribution in [1.29, 1.82) is 0 Å². The number of amides is 1. The zero-order chi connectivity index (χ0) is 13.4. The number of likely N-dealkylation sites (N-methyl/N-ethyl adjacent to an activating group) is 1. The zero-order valence-corrected chi connectivity index (χ0v) is 12.2. The number of hydrogen-bond acceptors (Lipinski definition) is 3. The lowest BCUT2D eigenvalue weighted by atomic mass is 10.0. The van der Waals surface area contributed by atoms with Crippen LogP contribution in [0.3, 0.4) is 0 Å². The molecule has 3 nitrogen and oxygen atoms in total. The van der Waals surface area contributed by atoms with Gasteiger partial charge in [0.15, 0.2) is 0 Å². The molecule has 2 N–H and O–H groups in total. The molecule has 0 saturated carbocycles. The second-order valence-corrected chi connectivity index (χ2v) is 5.90. The average molecular weight is 268 g/mol. The van der Waals surface area contributed by atoms with Gasteiger partial charge in [-0.3, -0.25) is 4.79 Å². The van der Waals surface area contributed by atoms with Crippen LogP contribution in [0.5, 0.6) is 0 Å². The summed E-state index contributed by atoms with van der Waals surface area (Å²) in [4.78, 5) is 15.1. The quantitative estimate of drug-likeness (QED) is 0.787. The third kappa shape index (κ3) is 5.65. The highest BCUT2D eigenvalue weighted by Gasteiger charge is 2.10. The summed E-state index contributed by atoms with van der Waals surface area (Å²) < 4.78 is 0. The van der Waals surface area contributed by atoms with Crippen LogP contribution in [0.2, 0.25) is 0 Å². The molecule has 1 unspecified atom stereocenters. The first-order chi connectivity index (χ1) is 8.63. The number of carbonyl (C=O) groups is 1. The van der Waals surface area contributed by atoms with Crippen molar-refractivity contribution in [3.8, 4) is 0 Å². The van der Waals surface area contributed by atoms with Gasteiger partial charge in [0.05, 0.1) is 0 Å². The first-order valence-corrected chi connectivity index (χ1v) is 7.48. The minimum absolute atomic E-state index is 0.246. The van der Waals surface area contributed by atoms with Crippen LogP contribution >= 0.6 is 11.3 Å². The van der Waals surface area contributed by atoms with Crippen LogP contribution in [-0.4, -0.2) is 30.9 Å². The maximum atomic E-state index is 11.9. The van der Waals surface area contributed by atoms with Gasteiger partial charge in [-0.25, -0.2) is 0 Å². The summed E-state index contributed by atoms with van der Waals surface area (Å²) in [6, 6.07) is 4.17. The summed E-state index contributed by atoms with van der Waals surface area (Å²) in [6.45, 7) is 3.68. The summed E-state index contributed by atoms with van der Waals surface area (Å²) in [5.74, 6) is 0.792. The third-order valence-corrected chi connectivity index (χ3v) is 4.15. The smallest absolute Gasteiger partial charge is 0.222 e. The van der Waals surface area contributed by atoms with Gasteiger partial charge in [0.25, 0.3) is 0 Å². The van der Waals surface area contributed by atoms with Crippen molar-refractivity contribution < 1.29 is 4.79 Å². The molecule has 0 radical (unpaired) electrons. The molecule has 0 aliphatic rings. The van der Waals surface area contributed by atoms with Gasteiger partial charge in [0, 0.05) is 24.9 Å². The summed E-state index contributed by atoms with van der Waals surface area (Å²) in [7, 11) is 1.89. The Bertz CT molecular complexity index is 338. The van der Waals surface area contributed by atoms with Gasteiger partial charge in [-0.2, -0.15) is 0 Å². The summed E-state index contributed by atoms with van der Waals surface area (Å²) in [6.07, 6.45) is 3.55. The molecule has 0 fully saturated rings. The predicted octanol–water partition coefficient (Wildman–Crippen LogP) is 2.51. The van der Waals surface area contributed by atoms with Gasteiger partial charge in [0.1, 0.15) is 0 Å². The second kappa shape index (κ2) is 8.27. The van der Waals surface area contributed by atoms with Crippen molar-refractivity contribution in [1.82, 2.24) is 4.90 Å². The van der Waals surface area contributed by atoms with E-state index in [1.807, 2.05) is 11.9 Å². The van der Waals surface area contributed by atoms with E-state index >= 15 is 0 Å².